The van der Waals surface area contributed by atoms with Gasteiger partial charge in [0.25, 0.3) is 0 Å². The molecule has 6 heteroatoms. The fourth-order valence-electron chi connectivity index (χ4n) is 1.31. The van der Waals surface area contributed by atoms with Crippen LogP contribution in [0.2, 0.25) is 0 Å². The van der Waals surface area contributed by atoms with Crippen LogP contribution in [0.3, 0.4) is 0 Å². The zero-order valence-electron chi connectivity index (χ0n) is 9.61. The number of nitrogens with one attached hydrogen (secondary N) is 1. The van der Waals surface area contributed by atoms with Gasteiger partial charge in [-0.15, -0.1) is 0 Å². The van der Waals surface area contributed by atoms with Crippen LogP contribution in [0.5, 0.6) is 0 Å². The Bertz CT molecular complexity index is 474. The second-order valence-electron chi connectivity index (χ2n) is 3.67. The molecule has 1 aromatic carbocycles. The summed E-state index contributed by atoms with van der Waals surface area (Å²) >= 11 is 3.20. The Kier molecular flexibility index (Phi) is 5.58. The summed E-state index contributed by atoms with van der Waals surface area (Å²) in [5, 5.41) is 9.00. The second-order valence-corrected chi connectivity index (χ2v) is 6.26. The zero-order valence-corrected chi connectivity index (χ0v) is 12.0. The Labute approximate surface area is 110 Å². The number of aliphatic hydroxyl groups excluding tert-OH is 1. The molecule has 0 aliphatic rings. The largest absolute Gasteiger partial charge is 0.392 e. The molecule has 0 spiro atoms. The molecule has 0 aliphatic heterocycles. The van der Waals surface area contributed by atoms with Crippen molar-refractivity contribution in [2.75, 3.05) is 6.54 Å². The minimum atomic E-state index is -3.50. The molecular weight excluding hydrogens is 306 g/mol. The fourth-order valence-corrected chi connectivity index (χ4v) is 3.40. The van der Waals surface area contributed by atoms with Gasteiger partial charge >= 0.3 is 0 Å². The van der Waals surface area contributed by atoms with Crippen LogP contribution in [0.15, 0.2) is 27.6 Å². The lowest BCUT2D eigenvalue weighted by Crippen LogP contribution is -2.25. The standard InChI is InChI=1S/C11H16BrNO3S/c1-2-3-6-13-17(15,16)11-7-9(8-14)4-5-10(11)12/h4-5,7,13-14H,2-3,6,8H2,1H3. The van der Waals surface area contributed by atoms with Gasteiger partial charge in [-0.1, -0.05) is 19.4 Å². The topological polar surface area (TPSA) is 66.4 Å². The number of rotatable bonds is 6. The number of hydrogen-bond acceptors (Lipinski definition) is 3. The van der Waals surface area contributed by atoms with Gasteiger partial charge in [0, 0.05) is 11.0 Å². The van der Waals surface area contributed by atoms with Crippen LogP contribution >= 0.6 is 15.9 Å². The van der Waals surface area contributed by atoms with Gasteiger partial charge in [-0.3, -0.25) is 0 Å². The Morgan fingerprint density at radius 1 is 1.41 bits per heavy atom. The Balaban J connectivity index is 2.97. The molecule has 0 saturated heterocycles. The van der Waals surface area contributed by atoms with Crippen molar-refractivity contribution in [3.05, 3.63) is 28.2 Å². The molecule has 0 unspecified atom stereocenters. The number of aliphatic hydroxyl groups is 1. The average molecular weight is 322 g/mol. The number of unbranched alkanes of at least 4 members (excludes halogenated alkanes) is 1. The Morgan fingerprint density at radius 2 is 2.12 bits per heavy atom. The normalized spacial score (nSPS) is 11.7. The van der Waals surface area contributed by atoms with E-state index < -0.39 is 10.0 Å². The van der Waals surface area contributed by atoms with Crippen molar-refractivity contribution < 1.29 is 13.5 Å². The summed E-state index contributed by atoms with van der Waals surface area (Å²) in [7, 11) is -3.50. The third-order valence-electron chi connectivity index (χ3n) is 2.29. The molecule has 0 bridgehead atoms. The lowest BCUT2D eigenvalue weighted by atomic mass is 10.2. The van der Waals surface area contributed by atoms with E-state index in [2.05, 4.69) is 20.7 Å². The van der Waals surface area contributed by atoms with Crippen molar-refractivity contribution in [1.29, 1.82) is 0 Å². The van der Waals surface area contributed by atoms with Crippen LogP contribution in [0, 0.1) is 0 Å². The first-order valence-electron chi connectivity index (χ1n) is 5.40. The molecule has 1 rings (SSSR count). The minimum absolute atomic E-state index is 0.167. The van der Waals surface area contributed by atoms with Gasteiger partial charge in [0.1, 0.15) is 0 Å². The maximum absolute atomic E-state index is 12.0. The third kappa shape index (κ3) is 4.06. The highest BCUT2D eigenvalue weighted by molar-refractivity contribution is 9.10. The summed E-state index contributed by atoms with van der Waals surface area (Å²) in [4.78, 5) is 0.167. The monoisotopic (exact) mass is 321 g/mol. The van der Waals surface area contributed by atoms with Crippen LogP contribution in [0.4, 0.5) is 0 Å². The predicted molar refractivity (Wildman–Crippen MR) is 70.2 cm³/mol. The fraction of sp³-hybridized carbons (Fsp3) is 0.455. The van der Waals surface area contributed by atoms with Crippen LogP contribution in [-0.2, 0) is 16.6 Å². The van der Waals surface area contributed by atoms with Crippen LogP contribution in [-0.4, -0.2) is 20.1 Å². The number of sulfonamides is 1. The first kappa shape index (κ1) is 14.6. The highest BCUT2D eigenvalue weighted by Crippen LogP contribution is 2.23. The average Bonchev–Trinajstić information content (AvgIpc) is 2.29. The summed E-state index contributed by atoms with van der Waals surface area (Å²) in [5.41, 5.74) is 0.573. The van der Waals surface area contributed by atoms with Crippen molar-refractivity contribution >= 4 is 26.0 Å². The SMILES string of the molecule is CCCCNS(=O)(=O)c1cc(CO)ccc1Br. The highest BCUT2D eigenvalue weighted by Gasteiger charge is 2.17. The Morgan fingerprint density at radius 3 is 2.71 bits per heavy atom. The van der Waals surface area contributed by atoms with Crippen molar-refractivity contribution in [2.45, 2.75) is 31.3 Å². The lowest BCUT2D eigenvalue weighted by Gasteiger charge is -2.09. The van der Waals surface area contributed by atoms with E-state index in [9.17, 15) is 8.42 Å². The smallest absolute Gasteiger partial charge is 0.241 e. The lowest BCUT2D eigenvalue weighted by molar-refractivity contribution is 0.281. The third-order valence-corrected chi connectivity index (χ3v) is 4.75. The molecule has 17 heavy (non-hydrogen) atoms. The van der Waals surface area contributed by atoms with Gasteiger partial charge in [0.05, 0.1) is 11.5 Å². The van der Waals surface area contributed by atoms with E-state index >= 15 is 0 Å². The quantitative estimate of drug-likeness (QED) is 0.788. The molecule has 4 nitrogen and oxygen atoms in total. The Hall–Kier alpha value is -0.430. The molecule has 0 saturated carbocycles. The predicted octanol–water partition coefficient (Wildman–Crippen LogP) is 2.02. The summed E-state index contributed by atoms with van der Waals surface area (Å²) in [6.07, 6.45) is 1.73. The van der Waals surface area contributed by atoms with E-state index in [0.717, 1.165) is 12.8 Å². The minimum Gasteiger partial charge on any atom is -0.392 e. The molecular formula is C11H16BrNO3S. The number of benzene rings is 1. The number of halogens is 1. The number of hydrogen-bond donors (Lipinski definition) is 2. The van der Waals surface area contributed by atoms with Crippen molar-refractivity contribution in [1.82, 2.24) is 4.72 Å². The molecule has 0 aromatic heterocycles. The maximum atomic E-state index is 12.0. The first-order valence-corrected chi connectivity index (χ1v) is 7.68. The molecule has 2 N–H and O–H groups in total. The molecule has 0 fully saturated rings. The van der Waals surface area contributed by atoms with E-state index in [1.165, 1.54) is 6.07 Å². The van der Waals surface area contributed by atoms with Crippen molar-refractivity contribution in [3.8, 4) is 0 Å². The second kappa shape index (κ2) is 6.49. The van der Waals surface area contributed by atoms with Crippen molar-refractivity contribution in [3.63, 3.8) is 0 Å². The van der Waals surface area contributed by atoms with Gasteiger partial charge in [-0.25, -0.2) is 13.1 Å². The summed E-state index contributed by atoms with van der Waals surface area (Å²) < 4.78 is 27.0. The van der Waals surface area contributed by atoms with Gasteiger partial charge in [0.2, 0.25) is 10.0 Å². The molecule has 0 radical (unpaired) electrons. The van der Waals surface area contributed by atoms with Gasteiger partial charge in [0.15, 0.2) is 0 Å². The van der Waals surface area contributed by atoms with E-state index in [1.807, 2.05) is 6.92 Å². The van der Waals surface area contributed by atoms with Crippen LogP contribution in [0.1, 0.15) is 25.3 Å². The first-order chi connectivity index (χ1) is 8.01. The molecule has 96 valence electrons. The molecule has 0 amide bonds. The molecule has 0 atom stereocenters. The summed E-state index contributed by atoms with van der Waals surface area (Å²) in [6, 6.07) is 4.77. The van der Waals surface area contributed by atoms with Crippen LogP contribution < -0.4 is 4.72 Å². The van der Waals surface area contributed by atoms with E-state index in [-0.39, 0.29) is 11.5 Å². The molecule has 1 aromatic rings. The van der Waals surface area contributed by atoms with Crippen LogP contribution in [0.25, 0.3) is 0 Å². The summed E-state index contributed by atoms with van der Waals surface area (Å²) in [5.74, 6) is 0. The maximum Gasteiger partial charge on any atom is 0.241 e. The van der Waals surface area contributed by atoms with E-state index in [1.54, 1.807) is 12.1 Å². The van der Waals surface area contributed by atoms with Gasteiger partial charge in [-0.2, -0.15) is 0 Å². The zero-order chi connectivity index (χ0) is 12.9. The summed E-state index contributed by atoms with van der Waals surface area (Å²) in [6.45, 7) is 2.25. The van der Waals surface area contributed by atoms with E-state index in [0.29, 0.717) is 16.6 Å². The molecule has 0 aliphatic carbocycles. The van der Waals surface area contributed by atoms with E-state index in [4.69, 9.17) is 5.11 Å². The van der Waals surface area contributed by atoms with Gasteiger partial charge in [-0.05, 0) is 40.0 Å². The molecule has 0 heterocycles. The van der Waals surface area contributed by atoms with Gasteiger partial charge < -0.3 is 5.11 Å². The van der Waals surface area contributed by atoms with Crippen molar-refractivity contribution in [2.24, 2.45) is 0 Å². The highest BCUT2D eigenvalue weighted by atomic mass is 79.9.